The SMILES string of the molecule is C=CCN1CC[C@]23c4c5ccc(O)c4OC2[C@@H](O)C=C[C@@]3(O)[C@H]1C5. The summed E-state index contributed by atoms with van der Waals surface area (Å²) < 4.78 is 6.03. The Morgan fingerprint density at radius 3 is 3.04 bits per heavy atom. The van der Waals surface area contributed by atoms with Gasteiger partial charge in [-0.15, -0.1) is 6.58 Å². The minimum atomic E-state index is -1.12. The number of likely N-dealkylation sites (tertiary alicyclic amines) is 1. The van der Waals surface area contributed by atoms with Gasteiger partial charge in [-0.2, -0.15) is 0 Å². The van der Waals surface area contributed by atoms with Gasteiger partial charge < -0.3 is 20.1 Å². The van der Waals surface area contributed by atoms with Crippen LogP contribution in [0.25, 0.3) is 0 Å². The molecule has 5 nitrogen and oxygen atoms in total. The topological polar surface area (TPSA) is 73.2 Å². The smallest absolute Gasteiger partial charge is 0.165 e. The van der Waals surface area contributed by atoms with E-state index >= 15 is 0 Å². The number of phenolic OH excluding ortho intramolecular Hbond substituents is 1. The number of benzene rings is 1. The number of aromatic hydroxyl groups is 1. The molecule has 5 rings (SSSR count). The summed E-state index contributed by atoms with van der Waals surface area (Å²) in [6, 6.07) is 3.48. The Bertz CT molecular complexity index is 775. The third-order valence-corrected chi connectivity index (χ3v) is 6.49. The predicted molar refractivity (Wildman–Crippen MR) is 88.2 cm³/mol. The van der Waals surface area contributed by atoms with E-state index in [0.29, 0.717) is 25.1 Å². The van der Waals surface area contributed by atoms with Gasteiger partial charge in [0.15, 0.2) is 11.5 Å². The number of aliphatic hydroxyl groups is 2. The van der Waals surface area contributed by atoms with Crippen LogP contribution in [0, 0.1) is 0 Å². The highest BCUT2D eigenvalue weighted by Crippen LogP contribution is 2.63. The molecule has 2 bridgehead atoms. The lowest BCUT2D eigenvalue weighted by atomic mass is 9.50. The van der Waals surface area contributed by atoms with Gasteiger partial charge >= 0.3 is 0 Å². The van der Waals surface area contributed by atoms with Crippen molar-refractivity contribution in [2.24, 2.45) is 0 Å². The lowest BCUT2D eigenvalue weighted by molar-refractivity contribution is -0.154. The van der Waals surface area contributed by atoms with E-state index in [0.717, 1.165) is 17.7 Å². The largest absolute Gasteiger partial charge is 0.504 e. The van der Waals surface area contributed by atoms with Crippen LogP contribution in [0.4, 0.5) is 0 Å². The average molecular weight is 327 g/mol. The Labute approximate surface area is 140 Å². The fraction of sp³-hybridized carbons (Fsp3) is 0.474. The molecule has 1 aromatic carbocycles. The van der Waals surface area contributed by atoms with Gasteiger partial charge in [0.1, 0.15) is 17.8 Å². The highest BCUT2D eigenvalue weighted by atomic mass is 16.5. The quantitative estimate of drug-likeness (QED) is 0.703. The summed E-state index contributed by atoms with van der Waals surface area (Å²) in [4.78, 5) is 2.26. The van der Waals surface area contributed by atoms with Gasteiger partial charge in [0.2, 0.25) is 0 Å². The molecular weight excluding hydrogens is 306 g/mol. The number of piperidine rings is 1. The zero-order chi connectivity index (χ0) is 16.7. The van der Waals surface area contributed by atoms with Crippen LogP contribution in [0.15, 0.2) is 36.9 Å². The molecule has 24 heavy (non-hydrogen) atoms. The molecule has 2 aliphatic carbocycles. The van der Waals surface area contributed by atoms with E-state index in [1.165, 1.54) is 0 Å². The number of aliphatic hydroxyl groups excluding tert-OH is 1. The Hall–Kier alpha value is -1.82. The van der Waals surface area contributed by atoms with Crippen LogP contribution in [-0.4, -0.2) is 57.2 Å². The van der Waals surface area contributed by atoms with Crippen LogP contribution in [-0.2, 0) is 11.8 Å². The van der Waals surface area contributed by atoms with Crippen molar-refractivity contribution in [3.8, 4) is 11.5 Å². The molecular formula is C19H21NO4. The number of ether oxygens (including phenoxy) is 1. The zero-order valence-electron chi connectivity index (χ0n) is 13.4. The maximum absolute atomic E-state index is 11.8. The number of nitrogens with zero attached hydrogens (tertiary/aromatic N) is 1. The minimum Gasteiger partial charge on any atom is -0.504 e. The fourth-order valence-corrected chi connectivity index (χ4v) is 5.55. The normalized spacial score (nSPS) is 41.7. The molecule has 0 saturated carbocycles. The first-order valence-corrected chi connectivity index (χ1v) is 8.49. The maximum atomic E-state index is 11.8. The van der Waals surface area contributed by atoms with Crippen LogP contribution in [0.5, 0.6) is 11.5 Å². The van der Waals surface area contributed by atoms with E-state index in [-0.39, 0.29) is 11.8 Å². The Balaban J connectivity index is 1.81. The molecule has 1 fully saturated rings. The van der Waals surface area contributed by atoms with E-state index in [9.17, 15) is 15.3 Å². The molecule has 5 atom stereocenters. The highest BCUT2D eigenvalue weighted by molar-refractivity contribution is 5.63. The van der Waals surface area contributed by atoms with Crippen LogP contribution in [0.2, 0.25) is 0 Å². The molecule has 0 radical (unpaired) electrons. The van der Waals surface area contributed by atoms with Crippen LogP contribution in [0.1, 0.15) is 17.5 Å². The van der Waals surface area contributed by atoms with E-state index < -0.39 is 23.2 Å². The van der Waals surface area contributed by atoms with Crippen molar-refractivity contribution >= 4 is 0 Å². The van der Waals surface area contributed by atoms with Gasteiger partial charge in [-0.25, -0.2) is 0 Å². The van der Waals surface area contributed by atoms with Gasteiger partial charge in [0.05, 0.1) is 5.41 Å². The first-order valence-electron chi connectivity index (χ1n) is 8.49. The lowest BCUT2D eigenvalue weighted by Gasteiger charge is -2.61. The van der Waals surface area contributed by atoms with Crippen molar-refractivity contribution in [1.82, 2.24) is 4.90 Å². The summed E-state index contributed by atoms with van der Waals surface area (Å²) in [5, 5.41) is 32.6. The molecule has 3 N–H and O–H groups in total. The standard InChI is InChI=1S/C19H21NO4/c1-2-8-20-9-7-18-15-11-3-4-12(21)16(15)24-17(18)13(22)5-6-19(18,23)14(20)10-11/h2-6,13-14,17,21-23H,1,7-10H2/t13-,14+,17?,18-,19+/m0/s1. The molecule has 1 aromatic rings. The van der Waals surface area contributed by atoms with Crippen molar-refractivity contribution in [2.75, 3.05) is 13.1 Å². The second-order valence-electron chi connectivity index (χ2n) is 7.39. The van der Waals surface area contributed by atoms with Gasteiger partial charge in [-0.3, -0.25) is 4.90 Å². The molecule has 2 aliphatic heterocycles. The predicted octanol–water partition coefficient (Wildman–Crippen LogP) is 0.869. The van der Waals surface area contributed by atoms with E-state index in [2.05, 4.69) is 11.5 Å². The second kappa shape index (κ2) is 4.42. The van der Waals surface area contributed by atoms with Crippen LogP contribution >= 0.6 is 0 Å². The first kappa shape index (κ1) is 14.5. The van der Waals surface area contributed by atoms with Crippen molar-refractivity contribution in [2.45, 2.75) is 42.1 Å². The first-order chi connectivity index (χ1) is 11.5. The Morgan fingerprint density at radius 2 is 2.25 bits per heavy atom. The van der Waals surface area contributed by atoms with E-state index in [1.54, 1.807) is 18.2 Å². The molecule has 1 saturated heterocycles. The molecule has 4 aliphatic rings. The fourth-order valence-electron chi connectivity index (χ4n) is 5.55. The van der Waals surface area contributed by atoms with Crippen molar-refractivity contribution < 1.29 is 20.1 Å². The lowest BCUT2D eigenvalue weighted by Crippen LogP contribution is -2.75. The van der Waals surface area contributed by atoms with E-state index in [1.807, 2.05) is 12.1 Å². The monoisotopic (exact) mass is 327 g/mol. The maximum Gasteiger partial charge on any atom is 0.165 e. The van der Waals surface area contributed by atoms with E-state index in [4.69, 9.17) is 4.74 Å². The van der Waals surface area contributed by atoms with Crippen LogP contribution in [0.3, 0.4) is 0 Å². The molecule has 0 aromatic heterocycles. The summed E-state index contributed by atoms with van der Waals surface area (Å²) in [5.41, 5.74) is 0.166. The minimum absolute atomic E-state index is 0.0825. The van der Waals surface area contributed by atoms with Crippen molar-refractivity contribution in [3.05, 3.63) is 48.1 Å². The number of hydrogen-bond acceptors (Lipinski definition) is 5. The molecule has 1 spiro atoms. The third kappa shape index (κ3) is 1.39. The summed E-state index contributed by atoms with van der Waals surface area (Å²) in [5.74, 6) is 0.522. The summed E-state index contributed by atoms with van der Waals surface area (Å²) in [7, 11) is 0. The summed E-state index contributed by atoms with van der Waals surface area (Å²) in [6.45, 7) is 5.35. The van der Waals surface area contributed by atoms with Crippen molar-refractivity contribution in [3.63, 3.8) is 0 Å². The Kier molecular flexibility index (Phi) is 2.67. The Morgan fingerprint density at radius 1 is 1.42 bits per heavy atom. The van der Waals surface area contributed by atoms with Gasteiger partial charge in [0.25, 0.3) is 0 Å². The van der Waals surface area contributed by atoms with Gasteiger partial charge in [-0.05, 0) is 24.5 Å². The average Bonchev–Trinajstić information content (AvgIpc) is 2.91. The third-order valence-electron chi connectivity index (χ3n) is 6.49. The second-order valence-corrected chi connectivity index (χ2v) is 7.39. The van der Waals surface area contributed by atoms with Crippen LogP contribution < -0.4 is 4.74 Å². The van der Waals surface area contributed by atoms with Gasteiger partial charge in [0, 0.05) is 24.7 Å². The summed E-state index contributed by atoms with van der Waals surface area (Å²) in [6.07, 6.45) is 5.26. The summed E-state index contributed by atoms with van der Waals surface area (Å²) >= 11 is 0. The van der Waals surface area contributed by atoms with Crippen molar-refractivity contribution in [1.29, 1.82) is 0 Å². The number of rotatable bonds is 2. The number of hydrogen-bond donors (Lipinski definition) is 3. The molecule has 126 valence electrons. The highest BCUT2D eigenvalue weighted by Gasteiger charge is 2.71. The molecule has 1 unspecified atom stereocenters. The zero-order valence-corrected chi connectivity index (χ0v) is 13.4. The molecule has 5 heteroatoms. The molecule has 0 amide bonds. The molecule has 2 heterocycles. The number of phenols is 1. The van der Waals surface area contributed by atoms with Gasteiger partial charge in [-0.1, -0.05) is 24.3 Å².